The van der Waals surface area contributed by atoms with E-state index in [1.54, 1.807) is 6.33 Å². The maximum atomic E-state index is 5.67. The minimum absolute atomic E-state index is 0.432. The summed E-state index contributed by atoms with van der Waals surface area (Å²) < 4.78 is 1.99. The summed E-state index contributed by atoms with van der Waals surface area (Å²) in [4.78, 5) is 0. The lowest BCUT2D eigenvalue weighted by molar-refractivity contribution is 0.665. The van der Waals surface area contributed by atoms with Gasteiger partial charge in [0.2, 0.25) is 0 Å². The van der Waals surface area contributed by atoms with Crippen LogP contribution in [0, 0.1) is 0 Å². The Kier molecular flexibility index (Phi) is 3.88. The van der Waals surface area contributed by atoms with Crippen LogP contribution in [0.3, 0.4) is 0 Å². The number of alkyl halides is 1. The van der Waals surface area contributed by atoms with E-state index in [2.05, 4.69) is 23.4 Å². The van der Waals surface area contributed by atoms with E-state index in [1.165, 1.54) is 0 Å². The van der Waals surface area contributed by atoms with Crippen molar-refractivity contribution in [3.63, 3.8) is 0 Å². The quantitative estimate of drug-likeness (QED) is 0.702. The zero-order valence-electron chi connectivity index (χ0n) is 7.20. The van der Waals surface area contributed by atoms with Crippen molar-refractivity contribution in [1.29, 1.82) is 0 Å². The van der Waals surface area contributed by atoms with Crippen molar-refractivity contribution in [2.75, 3.05) is 6.26 Å². The lowest BCUT2D eigenvalue weighted by Gasteiger charge is -2.09. The molecule has 1 rings (SSSR count). The van der Waals surface area contributed by atoms with Crippen LogP contribution in [0.15, 0.2) is 6.33 Å². The normalized spacial score (nSPS) is 13.2. The molecule has 1 heterocycles. The lowest BCUT2D eigenvalue weighted by atomic mass is 10.4. The molecular formula is C7H12ClN3S. The third-order valence-electron chi connectivity index (χ3n) is 1.67. The standard InChI is InChI=1S/C7H12ClN3S/c1-6(12-2)4-11-5-9-10-7(11)3-8/h5-6H,3-4H2,1-2H3. The highest BCUT2D eigenvalue weighted by atomic mass is 35.5. The molecule has 0 saturated heterocycles. The lowest BCUT2D eigenvalue weighted by Crippen LogP contribution is -2.10. The summed E-state index contributed by atoms with van der Waals surface area (Å²) in [5.74, 6) is 1.28. The van der Waals surface area contributed by atoms with Crippen LogP contribution in [-0.4, -0.2) is 26.3 Å². The van der Waals surface area contributed by atoms with E-state index in [4.69, 9.17) is 11.6 Å². The Labute approximate surface area is 81.5 Å². The molecule has 0 bridgehead atoms. The fourth-order valence-electron chi connectivity index (χ4n) is 0.886. The number of rotatable bonds is 4. The van der Waals surface area contributed by atoms with E-state index >= 15 is 0 Å². The molecular weight excluding hydrogens is 194 g/mol. The number of aromatic nitrogens is 3. The van der Waals surface area contributed by atoms with Crippen molar-refractivity contribution in [3.8, 4) is 0 Å². The second-order valence-electron chi connectivity index (χ2n) is 2.58. The summed E-state index contributed by atoms with van der Waals surface area (Å²) in [6, 6.07) is 0. The van der Waals surface area contributed by atoms with Gasteiger partial charge in [0.1, 0.15) is 12.2 Å². The molecule has 0 aromatic carbocycles. The van der Waals surface area contributed by atoms with Crippen LogP contribution in [0.5, 0.6) is 0 Å². The van der Waals surface area contributed by atoms with Crippen molar-refractivity contribution in [2.24, 2.45) is 0 Å². The fourth-order valence-corrected chi connectivity index (χ4v) is 1.40. The number of halogens is 1. The molecule has 3 nitrogen and oxygen atoms in total. The molecule has 0 aliphatic heterocycles. The zero-order chi connectivity index (χ0) is 8.97. The molecule has 1 aromatic heterocycles. The number of hydrogen-bond donors (Lipinski definition) is 0. The molecule has 0 fully saturated rings. The van der Waals surface area contributed by atoms with Crippen molar-refractivity contribution in [1.82, 2.24) is 14.8 Å². The topological polar surface area (TPSA) is 30.7 Å². The first-order chi connectivity index (χ1) is 5.77. The van der Waals surface area contributed by atoms with E-state index in [9.17, 15) is 0 Å². The molecule has 5 heteroatoms. The molecule has 0 saturated carbocycles. The molecule has 1 unspecified atom stereocenters. The number of thioether (sulfide) groups is 1. The highest BCUT2D eigenvalue weighted by Gasteiger charge is 2.05. The minimum atomic E-state index is 0.432. The molecule has 0 amide bonds. The Morgan fingerprint density at radius 1 is 1.75 bits per heavy atom. The Bertz CT molecular complexity index is 238. The van der Waals surface area contributed by atoms with E-state index in [-0.39, 0.29) is 0 Å². The molecule has 1 atom stereocenters. The second kappa shape index (κ2) is 4.72. The van der Waals surface area contributed by atoms with Crippen molar-refractivity contribution >= 4 is 23.4 Å². The van der Waals surface area contributed by atoms with Crippen molar-refractivity contribution < 1.29 is 0 Å². The number of hydrogen-bond acceptors (Lipinski definition) is 3. The van der Waals surface area contributed by atoms with Crippen LogP contribution in [0.2, 0.25) is 0 Å². The predicted octanol–water partition coefficient (Wildman–Crippen LogP) is 1.77. The average molecular weight is 206 g/mol. The SMILES string of the molecule is CSC(C)Cn1cnnc1CCl. The summed E-state index contributed by atoms with van der Waals surface area (Å²) in [5.41, 5.74) is 0. The fraction of sp³-hybridized carbons (Fsp3) is 0.714. The van der Waals surface area contributed by atoms with Gasteiger partial charge < -0.3 is 4.57 Å². The van der Waals surface area contributed by atoms with Gasteiger partial charge >= 0.3 is 0 Å². The molecule has 0 N–H and O–H groups in total. The summed E-state index contributed by atoms with van der Waals surface area (Å²) >= 11 is 7.49. The van der Waals surface area contributed by atoms with Gasteiger partial charge in [-0.05, 0) is 6.26 Å². The van der Waals surface area contributed by atoms with Gasteiger partial charge in [0.25, 0.3) is 0 Å². The Morgan fingerprint density at radius 3 is 3.08 bits per heavy atom. The summed E-state index contributed by atoms with van der Waals surface area (Å²) in [6.45, 7) is 3.10. The molecule has 12 heavy (non-hydrogen) atoms. The van der Waals surface area contributed by atoms with Crippen molar-refractivity contribution in [3.05, 3.63) is 12.2 Å². The molecule has 0 spiro atoms. The molecule has 0 aliphatic carbocycles. The van der Waals surface area contributed by atoms with Gasteiger partial charge in [-0.2, -0.15) is 11.8 Å². The Hall–Kier alpha value is -0.220. The maximum Gasteiger partial charge on any atom is 0.147 e. The first-order valence-corrected chi connectivity index (χ1v) is 5.55. The highest BCUT2D eigenvalue weighted by Crippen LogP contribution is 2.09. The van der Waals surface area contributed by atoms with Gasteiger partial charge in [0, 0.05) is 11.8 Å². The summed E-state index contributed by atoms with van der Waals surface area (Å²) in [5, 5.41) is 8.27. The zero-order valence-corrected chi connectivity index (χ0v) is 8.77. The first-order valence-electron chi connectivity index (χ1n) is 3.73. The van der Waals surface area contributed by atoms with E-state index in [0.29, 0.717) is 11.1 Å². The third kappa shape index (κ3) is 2.38. The van der Waals surface area contributed by atoms with Crippen LogP contribution in [-0.2, 0) is 12.4 Å². The minimum Gasteiger partial charge on any atom is -0.315 e. The van der Waals surface area contributed by atoms with Crippen molar-refractivity contribution in [2.45, 2.75) is 24.6 Å². The molecule has 0 radical (unpaired) electrons. The van der Waals surface area contributed by atoms with Gasteiger partial charge in [0.05, 0.1) is 5.88 Å². The van der Waals surface area contributed by atoms with Gasteiger partial charge in [-0.3, -0.25) is 0 Å². The monoisotopic (exact) mass is 205 g/mol. The van der Waals surface area contributed by atoms with E-state index < -0.39 is 0 Å². The summed E-state index contributed by atoms with van der Waals surface area (Å²) in [6.07, 6.45) is 3.82. The van der Waals surface area contributed by atoms with Gasteiger partial charge in [-0.1, -0.05) is 6.92 Å². The van der Waals surface area contributed by atoms with E-state index in [0.717, 1.165) is 12.4 Å². The van der Waals surface area contributed by atoms with Gasteiger partial charge in [-0.25, -0.2) is 0 Å². The third-order valence-corrected chi connectivity index (χ3v) is 2.86. The van der Waals surface area contributed by atoms with E-state index in [1.807, 2.05) is 16.3 Å². The molecule has 68 valence electrons. The predicted molar refractivity (Wildman–Crippen MR) is 52.6 cm³/mol. The second-order valence-corrected chi connectivity index (χ2v) is 4.12. The summed E-state index contributed by atoms with van der Waals surface area (Å²) in [7, 11) is 0. The van der Waals surface area contributed by atoms with Crippen LogP contribution in [0.25, 0.3) is 0 Å². The van der Waals surface area contributed by atoms with Gasteiger partial charge in [0.15, 0.2) is 0 Å². The van der Waals surface area contributed by atoms with Crippen LogP contribution < -0.4 is 0 Å². The smallest absolute Gasteiger partial charge is 0.147 e. The Balaban J connectivity index is 2.61. The van der Waals surface area contributed by atoms with Crippen LogP contribution in [0.1, 0.15) is 12.7 Å². The van der Waals surface area contributed by atoms with Crippen LogP contribution >= 0.6 is 23.4 Å². The molecule has 1 aromatic rings. The average Bonchev–Trinajstić information content (AvgIpc) is 2.51. The van der Waals surface area contributed by atoms with Crippen LogP contribution in [0.4, 0.5) is 0 Å². The van der Waals surface area contributed by atoms with Gasteiger partial charge in [-0.15, -0.1) is 21.8 Å². The largest absolute Gasteiger partial charge is 0.315 e. The molecule has 0 aliphatic rings. The number of nitrogens with zero attached hydrogens (tertiary/aromatic N) is 3. The maximum absolute atomic E-state index is 5.67. The highest BCUT2D eigenvalue weighted by molar-refractivity contribution is 7.99. The first kappa shape index (κ1) is 9.86. The Morgan fingerprint density at radius 2 is 2.50 bits per heavy atom.